The van der Waals surface area contributed by atoms with Gasteiger partial charge in [0.05, 0.1) is 4.92 Å². The molecule has 0 amide bonds. The molecule has 0 saturated heterocycles. The Morgan fingerprint density at radius 3 is 2.55 bits per heavy atom. The van der Waals surface area contributed by atoms with Gasteiger partial charge in [0.2, 0.25) is 0 Å². The van der Waals surface area contributed by atoms with E-state index in [1.54, 1.807) is 17.4 Å². The predicted molar refractivity (Wildman–Crippen MR) is 81.3 cm³/mol. The van der Waals surface area contributed by atoms with Crippen LogP contribution in [0.4, 0.5) is 5.69 Å². The van der Waals surface area contributed by atoms with E-state index in [1.807, 2.05) is 18.2 Å². The molecule has 0 bridgehead atoms. The average molecular weight is 280 g/mol. The van der Waals surface area contributed by atoms with Crippen LogP contribution < -0.4 is 0 Å². The molecule has 0 aliphatic rings. The molecule has 0 unspecified atom stereocenters. The van der Waals surface area contributed by atoms with E-state index in [9.17, 15) is 10.1 Å². The minimum Gasteiger partial charge on any atom is -0.258 e. The Bertz CT molecular complexity index is 991. The summed E-state index contributed by atoms with van der Waals surface area (Å²) in [5, 5.41) is 15.1. The first-order chi connectivity index (χ1) is 9.72. The van der Waals surface area contributed by atoms with Crippen LogP contribution in [-0.4, -0.2) is 9.91 Å². The number of hydrogen-bond donors (Lipinski definition) is 0. The maximum absolute atomic E-state index is 10.9. The van der Waals surface area contributed by atoms with Crippen LogP contribution in [0.2, 0.25) is 0 Å². The van der Waals surface area contributed by atoms with Gasteiger partial charge in [-0.3, -0.25) is 10.1 Å². The first kappa shape index (κ1) is 11.3. The van der Waals surface area contributed by atoms with Gasteiger partial charge >= 0.3 is 0 Å². The molecule has 0 N–H and O–H groups in total. The summed E-state index contributed by atoms with van der Waals surface area (Å²) in [5.41, 5.74) is 0.0327. The van der Waals surface area contributed by atoms with Crippen LogP contribution >= 0.6 is 11.3 Å². The van der Waals surface area contributed by atoms with Gasteiger partial charge in [0.25, 0.3) is 5.69 Å². The number of nitro groups is 1. The quantitative estimate of drug-likeness (QED) is 0.380. The molecule has 4 aromatic rings. The summed E-state index contributed by atoms with van der Waals surface area (Å²) in [6.45, 7) is 0. The van der Waals surface area contributed by atoms with Crippen molar-refractivity contribution in [3.63, 3.8) is 0 Å². The van der Waals surface area contributed by atoms with Crippen molar-refractivity contribution < 1.29 is 4.92 Å². The summed E-state index contributed by atoms with van der Waals surface area (Å²) in [6.07, 6.45) is 1.32. The average Bonchev–Trinajstić information content (AvgIpc) is 2.81. The molecule has 0 radical (unpaired) electrons. The summed E-state index contributed by atoms with van der Waals surface area (Å²) >= 11 is 1.56. The fourth-order valence-corrected chi connectivity index (χ4v) is 3.49. The Morgan fingerprint density at radius 2 is 1.80 bits per heavy atom. The van der Waals surface area contributed by atoms with Gasteiger partial charge in [-0.25, -0.2) is 4.98 Å². The maximum Gasteiger partial charge on any atom is 0.288 e. The first-order valence-electron chi connectivity index (χ1n) is 6.08. The van der Waals surface area contributed by atoms with Crippen LogP contribution in [0.1, 0.15) is 0 Å². The number of benzene rings is 2. The van der Waals surface area contributed by atoms with E-state index in [1.165, 1.54) is 11.6 Å². The van der Waals surface area contributed by atoms with E-state index in [-0.39, 0.29) is 5.69 Å². The normalized spacial score (nSPS) is 11.4. The SMILES string of the molecule is O=[N+]([O-])c1cnc2sc3cc4ccccc4cc3c2c1. The number of aromatic nitrogens is 1. The second kappa shape index (κ2) is 3.98. The zero-order valence-electron chi connectivity index (χ0n) is 10.2. The molecule has 0 fully saturated rings. The van der Waals surface area contributed by atoms with Crippen LogP contribution in [-0.2, 0) is 0 Å². The molecule has 20 heavy (non-hydrogen) atoms. The molecule has 0 aliphatic heterocycles. The zero-order valence-corrected chi connectivity index (χ0v) is 11.1. The summed E-state index contributed by atoms with van der Waals surface area (Å²) < 4.78 is 1.10. The fraction of sp³-hybridized carbons (Fsp3) is 0. The molecule has 2 aromatic carbocycles. The molecule has 2 aromatic heterocycles. The molecule has 4 rings (SSSR count). The summed E-state index contributed by atoms with van der Waals surface area (Å²) in [6, 6.07) is 13.9. The third-order valence-corrected chi connectivity index (χ3v) is 4.47. The highest BCUT2D eigenvalue weighted by Gasteiger charge is 2.12. The zero-order chi connectivity index (χ0) is 13.7. The van der Waals surface area contributed by atoms with Gasteiger partial charge in [0.1, 0.15) is 11.0 Å². The van der Waals surface area contributed by atoms with Crippen molar-refractivity contribution >= 4 is 48.1 Å². The molecule has 2 heterocycles. The summed E-state index contributed by atoms with van der Waals surface area (Å²) in [7, 11) is 0. The lowest BCUT2D eigenvalue weighted by atomic mass is 10.1. The number of hydrogen-bond acceptors (Lipinski definition) is 4. The number of pyridine rings is 1. The lowest BCUT2D eigenvalue weighted by molar-refractivity contribution is -0.385. The highest BCUT2D eigenvalue weighted by atomic mass is 32.1. The highest BCUT2D eigenvalue weighted by Crippen LogP contribution is 2.36. The standard InChI is InChI=1S/C15H8N2O2S/c18-17(19)11-7-13-12-5-9-3-1-2-4-10(9)6-14(12)20-15(13)16-8-11/h1-8H. The van der Waals surface area contributed by atoms with Crippen molar-refractivity contribution in [3.8, 4) is 0 Å². The van der Waals surface area contributed by atoms with E-state index in [0.29, 0.717) is 0 Å². The second-order valence-corrected chi connectivity index (χ2v) is 5.63. The van der Waals surface area contributed by atoms with Crippen molar-refractivity contribution in [2.75, 3.05) is 0 Å². The minimum atomic E-state index is -0.406. The molecule has 0 atom stereocenters. The van der Waals surface area contributed by atoms with E-state index in [2.05, 4.69) is 23.2 Å². The molecule has 0 saturated carbocycles. The second-order valence-electron chi connectivity index (χ2n) is 4.60. The lowest BCUT2D eigenvalue weighted by Crippen LogP contribution is -1.87. The molecular formula is C15H8N2O2S. The van der Waals surface area contributed by atoms with Crippen molar-refractivity contribution in [1.29, 1.82) is 0 Å². The molecule has 5 heteroatoms. The smallest absolute Gasteiger partial charge is 0.258 e. The van der Waals surface area contributed by atoms with Crippen molar-refractivity contribution in [3.05, 3.63) is 58.8 Å². The van der Waals surface area contributed by atoms with E-state index in [4.69, 9.17) is 0 Å². The van der Waals surface area contributed by atoms with E-state index >= 15 is 0 Å². The summed E-state index contributed by atoms with van der Waals surface area (Å²) in [4.78, 5) is 15.5. The van der Waals surface area contributed by atoms with Gasteiger partial charge in [0, 0.05) is 21.5 Å². The van der Waals surface area contributed by atoms with Gasteiger partial charge in [-0.2, -0.15) is 0 Å². The van der Waals surface area contributed by atoms with Crippen LogP contribution in [0.15, 0.2) is 48.7 Å². The van der Waals surface area contributed by atoms with Gasteiger partial charge in [0.15, 0.2) is 0 Å². The fourth-order valence-electron chi connectivity index (χ4n) is 2.43. The van der Waals surface area contributed by atoms with Crippen LogP contribution in [0.25, 0.3) is 31.1 Å². The van der Waals surface area contributed by atoms with Crippen LogP contribution in [0.3, 0.4) is 0 Å². The minimum absolute atomic E-state index is 0.0327. The number of fused-ring (bicyclic) bond motifs is 4. The van der Waals surface area contributed by atoms with E-state index < -0.39 is 4.92 Å². The summed E-state index contributed by atoms with van der Waals surface area (Å²) in [5.74, 6) is 0. The third kappa shape index (κ3) is 1.57. The van der Waals surface area contributed by atoms with Gasteiger partial charge in [-0.15, -0.1) is 11.3 Å². The topological polar surface area (TPSA) is 56.0 Å². The van der Waals surface area contributed by atoms with E-state index in [0.717, 1.165) is 25.7 Å². The Hall–Kier alpha value is -2.53. The molecule has 0 spiro atoms. The lowest BCUT2D eigenvalue weighted by Gasteiger charge is -1.97. The number of thiophene rings is 1. The van der Waals surface area contributed by atoms with Crippen molar-refractivity contribution in [2.45, 2.75) is 0 Å². The largest absolute Gasteiger partial charge is 0.288 e. The third-order valence-electron chi connectivity index (χ3n) is 3.39. The van der Waals surface area contributed by atoms with Crippen molar-refractivity contribution in [2.24, 2.45) is 0 Å². The number of rotatable bonds is 1. The maximum atomic E-state index is 10.9. The van der Waals surface area contributed by atoms with Gasteiger partial charge < -0.3 is 0 Å². The Labute approximate surface area is 117 Å². The Kier molecular flexibility index (Phi) is 2.25. The Morgan fingerprint density at radius 1 is 1.05 bits per heavy atom. The highest BCUT2D eigenvalue weighted by molar-refractivity contribution is 7.25. The molecule has 4 nitrogen and oxygen atoms in total. The molecule has 0 aliphatic carbocycles. The monoisotopic (exact) mass is 280 g/mol. The number of nitrogens with zero attached hydrogens (tertiary/aromatic N) is 2. The predicted octanol–water partition coefficient (Wildman–Crippen LogP) is 4.51. The van der Waals surface area contributed by atoms with Crippen molar-refractivity contribution in [1.82, 2.24) is 4.98 Å². The molecule has 96 valence electrons. The first-order valence-corrected chi connectivity index (χ1v) is 6.89. The van der Waals surface area contributed by atoms with Gasteiger partial charge in [-0.1, -0.05) is 24.3 Å². The van der Waals surface area contributed by atoms with Gasteiger partial charge in [-0.05, 0) is 22.9 Å². The molecular weight excluding hydrogens is 272 g/mol. The van der Waals surface area contributed by atoms with Crippen LogP contribution in [0.5, 0.6) is 0 Å². The van der Waals surface area contributed by atoms with Crippen LogP contribution in [0, 0.1) is 10.1 Å². The Balaban J connectivity index is 2.15.